The van der Waals surface area contributed by atoms with Crippen LogP contribution in [0, 0.1) is 0 Å². The van der Waals surface area contributed by atoms with Gasteiger partial charge in [0.15, 0.2) is 11.6 Å². The van der Waals surface area contributed by atoms with Gasteiger partial charge in [-0.15, -0.1) is 0 Å². The van der Waals surface area contributed by atoms with Gasteiger partial charge in [0.05, 0.1) is 6.10 Å². The maximum atomic E-state index is 6.22. The molecule has 0 spiro atoms. The number of benzene rings is 1. The minimum atomic E-state index is 0.0947. The first kappa shape index (κ1) is 15.4. The van der Waals surface area contributed by atoms with Crippen LogP contribution in [0.3, 0.4) is 0 Å². The van der Waals surface area contributed by atoms with Crippen LogP contribution in [0.2, 0.25) is 5.02 Å². The molecule has 1 aromatic heterocycles. The van der Waals surface area contributed by atoms with Crippen LogP contribution in [0.15, 0.2) is 36.5 Å². The number of nitrogen functional groups attached to an aromatic ring is 1. The van der Waals surface area contributed by atoms with Crippen molar-refractivity contribution < 1.29 is 4.74 Å². The van der Waals surface area contributed by atoms with Crippen molar-refractivity contribution in [3.05, 3.63) is 47.1 Å². The van der Waals surface area contributed by atoms with Crippen LogP contribution >= 0.6 is 11.6 Å². The summed E-state index contributed by atoms with van der Waals surface area (Å²) in [6, 6.07) is 9.26. The summed E-state index contributed by atoms with van der Waals surface area (Å²) < 4.78 is 5.80. The lowest BCUT2D eigenvalue weighted by Gasteiger charge is -2.22. The van der Waals surface area contributed by atoms with E-state index in [1.807, 2.05) is 50.1 Å². The second kappa shape index (κ2) is 6.68. The molecule has 0 saturated carbocycles. The van der Waals surface area contributed by atoms with Gasteiger partial charge in [-0.1, -0.05) is 11.6 Å². The Morgan fingerprint density at radius 2 is 2.10 bits per heavy atom. The summed E-state index contributed by atoms with van der Waals surface area (Å²) in [6.07, 6.45) is 1.84. The molecule has 1 aromatic carbocycles. The summed E-state index contributed by atoms with van der Waals surface area (Å²) in [7, 11) is 1.95. The molecule has 2 rings (SSSR count). The zero-order chi connectivity index (χ0) is 15.4. The molecule has 0 saturated heterocycles. The monoisotopic (exact) mass is 305 g/mol. The van der Waals surface area contributed by atoms with E-state index in [1.165, 1.54) is 0 Å². The smallest absolute Gasteiger partial charge is 0.171 e. The molecule has 2 N–H and O–H groups in total. The Balaban J connectivity index is 2.24. The molecule has 0 fully saturated rings. The normalized spacial score (nSPS) is 10.7. The number of rotatable bonds is 5. The fourth-order valence-electron chi connectivity index (χ4n) is 2.06. The Hall–Kier alpha value is -1.94. The third kappa shape index (κ3) is 4.02. The van der Waals surface area contributed by atoms with E-state index in [-0.39, 0.29) is 6.10 Å². The van der Waals surface area contributed by atoms with Crippen molar-refractivity contribution in [3.8, 4) is 5.75 Å². The predicted molar refractivity (Wildman–Crippen MR) is 88.0 cm³/mol. The summed E-state index contributed by atoms with van der Waals surface area (Å²) in [5, 5.41) is 0.693. The first-order valence-electron chi connectivity index (χ1n) is 6.84. The molecule has 0 unspecified atom stereocenters. The maximum absolute atomic E-state index is 6.22. The van der Waals surface area contributed by atoms with Gasteiger partial charge in [-0.05, 0) is 49.7 Å². The highest BCUT2D eigenvalue weighted by molar-refractivity contribution is 6.31. The molecule has 112 valence electrons. The van der Waals surface area contributed by atoms with E-state index < -0.39 is 0 Å². The van der Waals surface area contributed by atoms with Gasteiger partial charge >= 0.3 is 0 Å². The molecule has 0 amide bonds. The lowest BCUT2D eigenvalue weighted by atomic mass is 10.2. The van der Waals surface area contributed by atoms with Gasteiger partial charge < -0.3 is 15.4 Å². The van der Waals surface area contributed by atoms with E-state index in [4.69, 9.17) is 22.1 Å². The highest BCUT2D eigenvalue weighted by atomic mass is 35.5. The molecule has 0 radical (unpaired) electrons. The number of hydrogen-bond acceptors (Lipinski definition) is 4. The molecule has 5 heteroatoms. The Bertz CT molecular complexity index is 616. The Morgan fingerprint density at radius 3 is 2.81 bits per heavy atom. The van der Waals surface area contributed by atoms with Gasteiger partial charge in [0.25, 0.3) is 0 Å². The Labute approximate surface area is 130 Å². The minimum absolute atomic E-state index is 0.0947. The van der Waals surface area contributed by atoms with Gasteiger partial charge in [0.2, 0.25) is 0 Å². The Kier molecular flexibility index (Phi) is 4.91. The molecule has 0 aliphatic heterocycles. The number of nitrogens with two attached hydrogens (primary N) is 1. The summed E-state index contributed by atoms with van der Waals surface area (Å²) in [4.78, 5) is 6.40. The summed E-state index contributed by atoms with van der Waals surface area (Å²) in [6.45, 7) is 4.59. The van der Waals surface area contributed by atoms with E-state index in [2.05, 4.69) is 4.98 Å². The number of nitrogens with zero attached hydrogens (tertiary/aromatic N) is 2. The van der Waals surface area contributed by atoms with Crippen LogP contribution in [0.25, 0.3) is 0 Å². The van der Waals surface area contributed by atoms with Crippen LogP contribution in [-0.2, 0) is 6.54 Å². The second-order valence-corrected chi connectivity index (χ2v) is 5.61. The lowest BCUT2D eigenvalue weighted by Crippen LogP contribution is -2.20. The maximum Gasteiger partial charge on any atom is 0.171 e. The average Bonchev–Trinajstić information content (AvgIpc) is 2.42. The van der Waals surface area contributed by atoms with Crippen LogP contribution in [0.1, 0.15) is 19.4 Å². The quantitative estimate of drug-likeness (QED) is 0.855. The summed E-state index contributed by atoms with van der Waals surface area (Å²) in [5.74, 6) is 1.54. The molecule has 1 heterocycles. The summed E-state index contributed by atoms with van der Waals surface area (Å²) >= 11 is 6.22. The van der Waals surface area contributed by atoms with Crippen LogP contribution in [-0.4, -0.2) is 18.1 Å². The standard InChI is InChI=1S/C16H20ClN3O/c1-11(2)21-15-5-4-8-19-16(15)20(3)10-12-9-13(18)6-7-14(12)17/h4-9,11H,10,18H2,1-3H3. The zero-order valence-electron chi connectivity index (χ0n) is 12.5. The van der Waals surface area contributed by atoms with Crippen molar-refractivity contribution in [1.29, 1.82) is 0 Å². The first-order valence-corrected chi connectivity index (χ1v) is 7.22. The molecule has 0 aliphatic carbocycles. The fourth-order valence-corrected chi connectivity index (χ4v) is 2.24. The van der Waals surface area contributed by atoms with Crippen molar-refractivity contribution in [2.75, 3.05) is 17.7 Å². The molecule has 21 heavy (non-hydrogen) atoms. The molecular formula is C16H20ClN3O. The molecule has 4 nitrogen and oxygen atoms in total. The summed E-state index contributed by atoms with van der Waals surface area (Å²) in [5.41, 5.74) is 7.48. The van der Waals surface area contributed by atoms with Crippen molar-refractivity contribution in [2.24, 2.45) is 0 Å². The predicted octanol–water partition coefficient (Wildman–Crippen LogP) is 3.74. The first-order chi connectivity index (χ1) is 9.97. The van der Waals surface area contributed by atoms with Gasteiger partial charge in [0, 0.05) is 30.5 Å². The number of aromatic nitrogens is 1. The number of halogens is 1. The second-order valence-electron chi connectivity index (χ2n) is 5.20. The number of anilines is 2. The van der Waals surface area contributed by atoms with Crippen molar-refractivity contribution in [3.63, 3.8) is 0 Å². The van der Waals surface area contributed by atoms with E-state index in [0.717, 1.165) is 17.1 Å². The third-order valence-corrected chi connectivity index (χ3v) is 3.32. The van der Waals surface area contributed by atoms with Crippen molar-refractivity contribution in [1.82, 2.24) is 4.98 Å². The van der Waals surface area contributed by atoms with E-state index in [0.29, 0.717) is 17.3 Å². The van der Waals surface area contributed by atoms with Gasteiger partial charge in [-0.3, -0.25) is 0 Å². The highest BCUT2D eigenvalue weighted by Gasteiger charge is 2.13. The van der Waals surface area contributed by atoms with Crippen LogP contribution in [0.5, 0.6) is 5.75 Å². The van der Waals surface area contributed by atoms with E-state index in [1.54, 1.807) is 12.3 Å². The fraction of sp³-hybridized carbons (Fsp3) is 0.312. The molecule has 0 aliphatic rings. The zero-order valence-corrected chi connectivity index (χ0v) is 13.3. The van der Waals surface area contributed by atoms with Gasteiger partial charge in [-0.25, -0.2) is 4.98 Å². The van der Waals surface area contributed by atoms with Crippen molar-refractivity contribution in [2.45, 2.75) is 26.5 Å². The van der Waals surface area contributed by atoms with Gasteiger partial charge in [0.1, 0.15) is 0 Å². The van der Waals surface area contributed by atoms with Crippen molar-refractivity contribution >= 4 is 23.1 Å². The van der Waals surface area contributed by atoms with Crippen LogP contribution in [0.4, 0.5) is 11.5 Å². The molecule has 0 bridgehead atoms. The lowest BCUT2D eigenvalue weighted by molar-refractivity contribution is 0.242. The average molecular weight is 306 g/mol. The molecule has 0 atom stereocenters. The molecule has 2 aromatic rings. The number of hydrogen-bond donors (Lipinski definition) is 1. The minimum Gasteiger partial charge on any atom is -0.487 e. The largest absolute Gasteiger partial charge is 0.487 e. The van der Waals surface area contributed by atoms with Gasteiger partial charge in [-0.2, -0.15) is 0 Å². The van der Waals surface area contributed by atoms with E-state index in [9.17, 15) is 0 Å². The number of ether oxygens (including phenoxy) is 1. The topological polar surface area (TPSA) is 51.4 Å². The van der Waals surface area contributed by atoms with Crippen LogP contribution < -0.4 is 15.4 Å². The molecular weight excluding hydrogens is 286 g/mol. The van der Waals surface area contributed by atoms with E-state index >= 15 is 0 Å². The highest BCUT2D eigenvalue weighted by Crippen LogP contribution is 2.28. The SMILES string of the molecule is CC(C)Oc1cccnc1N(C)Cc1cc(N)ccc1Cl. The third-order valence-electron chi connectivity index (χ3n) is 2.95. The number of pyridine rings is 1. The Morgan fingerprint density at radius 1 is 1.33 bits per heavy atom.